The molecule has 0 spiro atoms. The molecule has 2 aromatic heterocycles. The first-order valence-corrected chi connectivity index (χ1v) is 9.59. The Balaban J connectivity index is 1.82. The Morgan fingerprint density at radius 2 is 2.00 bits per heavy atom. The van der Waals surface area contributed by atoms with Gasteiger partial charge in [-0.15, -0.1) is 4.68 Å². The van der Waals surface area contributed by atoms with Crippen molar-refractivity contribution in [2.75, 3.05) is 25.0 Å². The fraction of sp³-hybridized carbons (Fsp3) is 0.421. The van der Waals surface area contributed by atoms with E-state index in [1.807, 2.05) is 28.8 Å². The second-order valence-electron chi connectivity index (χ2n) is 6.71. The molecule has 0 aliphatic rings. The number of imidazole rings is 1. The summed E-state index contributed by atoms with van der Waals surface area (Å²) in [5, 5.41) is 18.0. The number of nitro groups is 1. The molecule has 0 atom stereocenters. The molecule has 0 unspecified atom stereocenters. The van der Waals surface area contributed by atoms with Crippen LogP contribution in [0, 0.1) is 17.0 Å². The molecular formula is C19H25N7O3. The minimum Gasteiger partial charge on any atom is -0.358 e. The number of aromatic nitrogens is 4. The van der Waals surface area contributed by atoms with Crippen molar-refractivity contribution < 1.29 is 9.72 Å². The standard InChI is InChI=1S/C19H25N7O3/c1-4-23(5-2)10-11-24-16-9-7-6-8-15(16)20-19(24)21-17(27)13-25-18(26(28)29)12-14(3)22-25/h6-9,12H,4-5,10-11,13H2,1-3H3,(H,20,21,27). The van der Waals surface area contributed by atoms with Gasteiger partial charge < -0.3 is 19.6 Å². The van der Waals surface area contributed by atoms with Crippen molar-refractivity contribution in [1.29, 1.82) is 0 Å². The summed E-state index contributed by atoms with van der Waals surface area (Å²) in [7, 11) is 0. The molecule has 3 aromatic rings. The Morgan fingerprint density at radius 3 is 2.69 bits per heavy atom. The quantitative estimate of drug-likeness (QED) is 0.437. The molecule has 0 bridgehead atoms. The number of rotatable bonds is 9. The van der Waals surface area contributed by atoms with Gasteiger partial charge in [0.1, 0.15) is 0 Å². The number of likely N-dealkylation sites (N-methyl/N-ethyl adjacent to an activating group) is 1. The number of nitrogens with zero attached hydrogens (tertiary/aromatic N) is 6. The van der Waals surface area contributed by atoms with Gasteiger partial charge in [-0.05, 0) is 37.1 Å². The molecule has 0 aliphatic carbocycles. The molecule has 2 heterocycles. The first-order chi connectivity index (χ1) is 13.9. The van der Waals surface area contributed by atoms with Gasteiger partial charge in [0.25, 0.3) is 5.91 Å². The van der Waals surface area contributed by atoms with Crippen LogP contribution in [-0.2, 0) is 17.9 Å². The Bertz CT molecular complexity index is 1020. The Labute approximate surface area is 168 Å². The van der Waals surface area contributed by atoms with Crippen LogP contribution < -0.4 is 5.32 Å². The van der Waals surface area contributed by atoms with Crippen LogP contribution in [0.5, 0.6) is 0 Å². The van der Waals surface area contributed by atoms with Crippen LogP contribution in [0.15, 0.2) is 30.3 Å². The third-order valence-corrected chi connectivity index (χ3v) is 4.80. The Hall–Kier alpha value is -3.27. The second-order valence-corrected chi connectivity index (χ2v) is 6.71. The van der Waals surface area contributed by atoms with Crippen LogP contribution in [0.25, 0.3) is 11.0 Å². The summed E-state index contributed by atoms with van der Waals surface area (Å²) >= 11 is 0. The predicted molar refractivity (Wildman–Crippen MR) is 110 cm³/mol. The van der Waals surface area contributed by atoms with Gasteiger partial charge in [0.05, 0.1) is 22.8 Å². The lowest BCUT2D eigenvalue weighted by Crippen LogP contribution is -2.28. The molecule has 0 fully saturated rings. The lowest BCUT2D eigenvalue weighted by Gasteiger charge is -2.19. The number of nitrogens with one attached hydrogen (secondary N) is 1. The van der Waals surface area contributed by atoms with E-state index in [0.29, 0.717) is 18.2 Å². The van der Waals surface area contributed by atoms with Crippen molar-refractivity contribution in [2.24, 2.45) is 0 Å². The van der Waals surface area contributed by atoms with Crippen LogP contribution in [0.3, 0.4) is 0 Å². The van der Waals surface area contributed by atoms with Crippen LogP contribution in [0.4, 0.5) is 11.8 Å². The highest BCUT2D eigenvalue weighted by molar-refractivity contribution is 5.91. The zero-order valence-electron chi connectivity index (χ0n) is 16.8. The van der Waals surface area contributed by atoms with Gasteiger partial charge >= 0.3 is 5.82 Å². The summed E-state index contributed by atoms with van der Waals surface area (Å²) in [6.45, 7) is 8.96. The highest BCUT2D eigenvalue weighted by atomic mass is 16.6. The number of carbonyl (C=O) groups is 1. The summed E-state index contributed by atoms with van der Waals surface area (Å²) in [6, 6.07) is 9.01. The normalized spacial score (nSPS) is 11.3. The monoisotopic (exact) mass is 399 g/mol. The number of para-hydroxylation sites is 2. The van der Waals surface area contributed by atoms with Crippen molar-refractivity contribution in [1.82, 2.24) is 24.2 Å². The summed E-state index contributed by atoms with van der Waals surface area (Å²) in [6.07, 6.45) is 0. The van der Waals surface area contributed by atoms with Gasteiger partial charge in [0.2, 0.25) is 5.95 Å². The number of anilines is 1. The molecule has 10 heteroatoms. The van der Waals surface area contributed by atoms with Gasteiger partial charge in [0.15, 0.2) is 6.54 Å². The lowest BCUT2D eigenvalue weighted by atomic mass is 10.3. The van der Waals surface area contributed by atoms with Crippen LogP contribution in [0.2, 0.25) is 0 Å². The van der Waals surface area contributed by atoms with Crippen LogP contribution >= 0.6 is 0 Å². The molecule has 1 amide bonds. The summed E-state index contributed by atoms with van der Waals surface area (Å²) < 4.78 is 3.06. The second kappa shape index (κ2) is 8.82. The largest absolute Gasteiger partial charge is 0.358 e. The Kier molecular flexibility index (Phi) is 6.23. The number of fused-ring (bicyclic) bond motifs is 1. The van der Waals surface area contributed by atoms with E-state index >= 15 is 0 Å². The average molecular weight is 399 g/mol. The van der Waals surface area contributed by atoms with E-state index in [2.05, 4.69) is 34.1 Å². The average Bonchev–Trinajstić information content (AvgIpc) is 3.22. The first-order valence-electron chi connectivity index (χ1n) is 9.59. The number of hydrogen-bond acceptors (Lipinski definition) is 6. The molecule has 29 heavy (non-hydrogen) atoms. The van der Waals surface area contributed by atoms with E-state index in [0.717, 1.165) is 35.3 Å². The molecule has 10 nitrogen and oxygen atoms in total. The molecule has 3 rings (SSSR count). The minimum absolute atomic E-state index is 0.215. The van der Waals surface area contributed by atoms with Crippen LogP contribution in [0.1, 0.15) is 19.5 Å². The maximum Gasteiger partial charge on any atom is 0.345 e. The van der Waals surface area contributed by atoms with Crippen molar-refractivity contribution >= 4 is 28.7 Å². The highest BCUT2D eigenvalue weighted by Crippen LogP contribution is 2.20. The van der Waals surface area contributed by atoms with Crippen LogP contribution in [-0.4, -0.2) is 54.7 Å². The van der Waals surface area contributed by atoms with E-state index in [-0.39, 0.29) is 12.4 Å². The minimum atomic E-state index is -0.549. The summed E-state index contributed by atoms with van der Waals surface area (Å²) in [5.41, 5.74) is 2.19. The molecule has 0 aliphatic heterocycles. The van der Waals surface area contributed by atoms with Gasteiger partial charge in [-0.1, -0.05) is 31.1 Å². The van der Waals surface area contributed by atoms with Crippen molar-refractivity contribution in [3.63, 3.8) is 0 Å². The molecule has 1 aromatic carbocycles. The first kappa shape index (κ1) is 20.5. The maximum absolute atomic E-state index is 12.6. The van der Waals surface area contributed by atoms with Gasteiger partial charge in [0, 0.05) is 13.1 Å². The molecule has 0 radical (unpaired) electrons. The van der Waals surface area contributed by atoms with Gasteiger partial charge in [-0.3, -0.25) is 10.1 Å². The number of carbonyl (C=O) groups excluding carboxylic acids is 1. The topological polar surface area (TPSA) is 111 Å². The number of amides is 1. The SMILES string of the molecule is CCN(CC)CCn1c(NC(=O)Cn2nc(C)cc2[N+](=O)[O-])nc2ccccc21. The summed E-state index contributed by atoms with van der Waals surface area (Å²) in [5.74, 6) is -0.210. The fourth-order valence-corrected chi connectivity index (χ4v) is 3.27. The molecule has 154 valence electrons. The van der Waals surface area contributed by atoms with E-state index in [1.54, 1.807) is 6.92 Å². The third kappa shape index (κ3) is 4.60. The highest BCUT2D eigenvalue weighted by Gasteiger charge is 2.21. The Morgan fingerprint density at radius 1 is 1.28 bits per heavy atom. The van der Waals surface area contributed by atoms with E-state index in [4.69, 9.17) is 0 Å². The van der Waals surface area contributed by atoms with Crippen molar-refractivity contribution in [3.05, 3.63) is 46.1 Å². The zero-order valence-corrected chi connectivity index (χ0v) is 16.8. The number of aryl methyl sites for hydroxylation is 1. The maximum atomic E-state index is 12.6. The van der Waals surface area contributed by atoms with Crippen molar-refractivity contribution in [3.8, 4) is 0 Å². The molecular weight excluding hydrogens is 374 g/mol. The van der Waals surface area contributed by atoms with E-state index in [9.17, 15) is 14.9 Å². The molecule has 0 saturated heterocycles. The number of benzene rings is 1. The van der Waals surface area contributed by atoms with Gasteiger partial charge in [-0.25, -0.2) is 4.98 Å². The van der Waals surface area contributed by atoms with Crippen molar-refractivity contribution in [2.45, 2.75) is 33.9 Å². The molecule has 0 saturated carbocycles. The number of hydrogen-bond donors (Lipinski definition) is 1. The van der Waals surface area contributed by atoms with E-state index in [1.165, 1.54) is 6.07 Å². The van der Waals surface area contributed by atoms with E-state index < -0.39 is 10.8 Å². The molecule has 1 N–H and O–H groups in total. The zero-order chi connectivity index (χ0) is 21.0. The fourth-order valence-electron chi connectivity index (χ4n) is 3.27. The van der Waals surface area contributed by atoms with Gasteiger partial charge in [-0.2, -0.15) is 0 Å². The lowest BCUT2D eigenvalue weighted by molar-refractivity contribution is -0.392. The third-order valence-electron chi connectivity index (χ3n) is 4.80. The predicted octanol–water partition coefficient (Wildman–Crippen LogP) is 2.43. The summed E-state index contributed by atoms with van der Waals surface area (Å²) in [4.78, 5) is 30.0. The smallest absolute Gasteiger partial charge is 0.345 e.